The minimum Gasteiger partial charge on any atom is -0.493 e. The van der Waals surface area contributed by atoms with E-state index in [1.165, 1.54) is 6.21 Å². The number of hydrogen-bond acceptors (Lipinski definition) is 5. The van der Waals surface area contributed by atoms with Crippen LogP contribution in [0.25, 0.3) is 0 Å². The normalized spacial score (nSPS) is 11.6. The third-order valence-electron chi connectivity index (χ3n) is 3.86. The molecule has 0 aromatic heterocycles. The summed E-state index contributed by atoms with van der Waals surface area (Å²) in [6.45, 7) is 2.73. The van der Waals surface area contributed by atoms with E-state index in [9.17, 15) is 10.1 Å². The van der Waals surface area contributed by atoms with E-state index >= 15 is 0 Å². The monoisotopic (exact) mass is 365 g/mol. The minimum absolute atomic E-state index is 0.480. The lowest BCUT2D eigenvalue weighted by molar-refractivity contribution is -0.121. The van der Waals surface area contributed by atoms with Gasteiger partial charge in [-0.05, 0) is 35.7 Å². The van der Waals surface area contributed by atoms with Crippen molar-refractivity contribution in [2.24, 2.45) is 5.10 Å². The molecule has 1 atom stereocenters. The molecule has 27 heavy (non-hydrogen) atoms. The number of hydrazone groups is 1. The number of methoxy groups -OCH3 is 1. The molecule has 1 N–H and O–H groups in total. The van der Waals surface area contributed by atoms with Crippen molar-refractivity contribution in [1.29, 1.82) is 5.26 Å². The van der Waals surface area contributed by atoms with Crippen molar-refractivity contribution >= 4 is 12.1 Å². The molecule has 140 valence electrons. The quantitative estimate of drug-likeness (QED) is 0.418. The van der Waals surface area contributed by atoms with Gasteiger partial charge in [0.05, 0.1) is 26.0 Å². The Kier molecular flexibility index (Phi) is 7.86. The third-order valence-corrected chi connectivity index (χ3v) is 3.86. The standard InChI is InChI=1S/C21H23N3O3/c1-3-4-12-27-19-11-10-16(13-20(19)26-2)15-23-24-21(25)18(14-22)17-8-6-5-7-9-17/h5-11,13,15,18H,3-4,12H2,1-2H3,(H,24,25)/b23-15-/t18-/m0/s1. The number of unbranched alkanes of at least 4 members (excludes halogenated alkanes) is 1. The number of amides is 1. The van der Waals surface area contributed by atoms with Crippen LogP contribution in [0, 0.1) is 11.3 Å². The molecule has 2 rings (SSSR count). The first-order chi connectivity index (χ1) is 13.2. The fraction of sp³-hybridized carbons (Fsp3) is 0.286. The molecule has 0 radical (unpaired) electrons. The van der Waals surface area contributed by atoms with Gasteiger partial charge in [-0.2, -0.15) is 10.4 Å². The molecular formula is C21H23N3O3. The van der Waals surface area contributed by atoms with Gasteiger partial charge in [0.15, 0.2) is 17.4 Å². The van der Waals surface area contributed by atoms with Crippen LogP contribution in [0.2, 0.25) is 0 Å². The number of rotatable bonds is 9. The average molecular weight is 365 g/mol. The maximum atomic E-state index is 12.2. The third kappa shape index (κ3) is 5.86. The molecule has 0 bridgehead atoms. The zero-order chi connectivity index (χ0) is 19.5. The summed E-state index contributed by atoms with van der Waals surface area (Å²) in [6, 6.07) is 16.3. The van der Waals surface area contributed by atoms with Crippen LogP contribution in [0.4, 0.5) is 0 Å². The molecule has 2 aromatic rings. The van der Waals surface area contributed by atoms with Gasteiger partial charge in [0.1, 0.15) is 0 Å². The van der Waals surface area contributed by atoms with Gasteiger partial charge in [-0.15, -0.1) is 0 Å². The van der Waals surface area contributed by atoms with Gasteiger partial charge in [-0.3, -0.25) is 4.79 Å². The molecular weight excluding hydrogens is 342 g/mol. The first kappa shape index (κ1) is 20.0. The van der Waals surface area contributed by atoms with Gasteiger partial charge < -0.3 is 9.47 Å². The van der Waals surface area contributed by atoms with Crippen LogP contribution in [0.1, 0.15) is 36.8 Å². The van der Waals surface area contributed by atoms with Gasteiger partial charge in [-0.1, -0.05) is 43.7 Å². The number of carbonyl (C=O) groups excluding carboxylic acids is 1. The number of carbonyl (C=O) groups is 1. The molecule has 6 nitrogen and oxygen atoms in total. The fourth-order valence-electron chi connectivity index (χ4n) is 2.38. The summed E-state index contributed by atoms with van der Waals surface area (Å²) >= 11 is 0. The van der Waals surface area contributed by atoms with Crippen molar-refractivity contribution in [3.8, 4) is 17.6 Å². The summed E-state index contributed by atoms with van der Waals surface area (Å²) in [7, 11) is 1.57. The van der Waals surface area contributed by atoms with E-state index in [2.05, 4.69) is 17.5 Å². The predicted octanol–water partition coefficient (Wildman–Crippen LogP) is 3.63. The fourth-order valence-corrected chi connectivity index (χ4v) is 2.38. The number of nitriles is 1. The van der Waals surface area contributed by atoms with Crippen LogP contribution in [-0.4, -0.2) is 25.8 Å². The maximum Gasteiger partial charge on any atom is 0.261 e. The lowest BCUT2D eigenvalue weighted by atomic mass is 10.0. The lowest BCUT2D eigenvalue weighted by Gasteiger charge is -2.11. The van der Waals surface area contributed by atoms with Crippen LogP contribution in [-0.2, 0) is 4.79 Å². The highest BCUT2D eigenvalue weighted by Crippen LogP contribution is 2.27. The minimum atomic E-state index is -0.910. The number of benzene rings is 2. The summed E-state index contributed by atoms with van der Waals surface area (Å²) in [6.07, 6.45) is 3.52. The average Bonchev–Trinajstić information content (AvgIpc) is 2.70. The van der Waals surface area contributed by atoms with Crippen LogP contribution in [0.3, 0.4) is 0 Å². The number of nitrogens with zero attached hydrogens (tertiary/aromatic N) is 2. The number of nitrogens with one attached hydrogen (secondary N) is 1. The molecule has 0 saturated heterocycles. The highest BCUT2D eigenvalue weighted by atomic mass is 16.5. The molecule has 6 heteroatoms. The predicted molar refractivity (Wildman–Crippen MR) is 104 cm³/mol. The Morgan fingerprint density at radius 2 is 2.04 bits per heavy atom. The van der Waals surface area contributed by atoms with Crippen molar-refractivity contribution < 1.29 is 14.3 Å². The smallest absolute Gasteiger partial charge is 0.261 e. The molecule has 2 aromatic carbocycles. The number of ether oxygens (including phenoxy) is 2. The van der Waals surface area contributed by atoms with E-state index in [1.54, 1.807) is 43.5 Å². The molecule has 0 fully saturated rings. The van der Waals surface area contributed by atoms with Crippen LogP contribution in [0.5, 0.6) is 11.5 Å². The second kappa shape index (κ2) is 10.6. The Morgan fingerprint density at radius 1 is 1.26 bits per heavy atom. The highest BCUT2D eigenvalue weighted by Gasteiger charge is 2.19. The molecule has 0 saturated carbocycles. The van der Waals surface area contributed by atoms with E-state index in [-0.39, 0.29) is 0 Å². The molecule has 0 heterocycles. The topological polar surface area (TPSA) is 83.7 Å². The summed E-state index contributed by atoms with van der Waals surface area (Å²) in [5.41, 5.74) is 3.78. The van der Waals surface area contributed by atoms with Crippen LogP contribution in [0.15, 0.2) is 53.6 Å². The Bertz CT molecular complexity index is 813. The zero-order valence-electron chi connectivity index (χ0n) is 15.5. The summed E-state index contributed by atoms with van der Waals surface area (Å²) in [5.74, 6) is -0.125. The van der Waals surface area contributed by atoms with Gasteiger partial charge in [0.2, 0.25) is 0 Å². The second-order valence-corrected chi connectivity index (χ2v) is 5.82. The Labute approximate surface area is 159 Å². The van der Waals surface area contributed by atoms with Crippen LogP contribution >= 0.6 is 0 Å². The molecule has 0 aliphatic rings. The van der Waals surface area contributed by atoms with Crippen LogP contribution < -0.4 is 14.9 Å². The maximum absolute atomic E-state index is 12.2. The summed E-state index contributed by atoms with van der Waals surface area (Å²) in [4.78, 5) is 12.2. The van der Waals surface area contributed by atoms with Crippen molar-refractivity contribution in [3.63, 3.8) is 0 Å². The Hall–Kier alpha value is -3.33. The Morgan fingerprint density at radius 3 is 2.70 bits per heavy atom. The van der Waals surface area contributed by atoms with Crippen molar-refractivity contribution in [2.75, 3.05) is 13.7 Å². The van der Waals surface area contributed by atoms with E-state index < -0.39 is 11.8 Å². The SMILES string of the molecule is CCCCOc1ccc(/C=N\NC(=O)[C@@H](C#N)c2ccccc2)cc1OC. The van der Waals surface area contributed by atoms with E-state index in [1.807, 2.05) is 18.2 Å². The van der Waals surface area contributed by atoms with E-state index in [4.69, 9.17) is 9.47 Å². The molecule has 0 aliphatic carbocycles. The largest absolute Gasteiger partial charge is 0.493 e. The van der Waals surface area contributed by atoms with Crippen molar-refractivity contribution in [1.82, 2.24) is 5.43 Å². The molecule has 0 spiro atoms. The Balaban J connectivity index is 2.01. The van der Waals surface area contributed by atoms with Gasteiger partial charge in [-0.25, -0.2) is 5.43 Å². The second-order valence-electron chi connectivity index (χ2n) is 5.82. The summed E-state index contributed by atoms with van der Waals surface area (Å²) < 4.78 is 11.0. The molecule has 0 aliphatic heterocycles. The first-order valence-electron chi connectivity index (χ1n) is 8.78. The van der Waals surface area contributed by atoms with Crippen molar-refractivity contribution in [3.05, 3.63) is 59.7 Å². The molecule has 0 unspecified atom stereocenters. The van der Waals surface area contributed by atoms with E-state index in [0.29, 0.717) is 23.7 Å². The van der Waals surface area contributed by atoms with Gasteiger partial charge >= 0.3 is 0 Å². The molecule has 1 amide bonds. The van der Waals surface area contributed by atoms with Gasteiger partial charge in [0.25, 0.3) is 5.91 Å². The highest BCUT2D eigenvalue weighted by molar-refractivity contribution is 5.88. The van der Waals surface area contributed by atoms with E-state index in [0.717, 1.165) is 18.4 Å². The van der Waals surface area contributed by atoms with Gasteiger partial charge in [0, 0.05) is 0 Å². The first-order valence-corrected chi connectivity index (χ1v) is 8.78. The summed E-state index contributed by atoms with van der Waals surface area (Å²) in [5, 5.41) is 13.2. The zero-order valence-corrected chi connectivity index (χ0v) is 15.5. The number of hydrogen-bond donors (Lipinski definition) is 1. The van der Waals surface area contributed by atoms with Crippen molar-refractivity contribution in [2.45, 2.75) is 25.7 Å². The lowest BCUT2D eigenvalue weighted by Crippen LogP contribution is -2.24.